The van der Waals surface area contributed by atoms with Crippen LogP contribution in [0.4, 0.5) is 0 Å². The SMILES string of the molecule is Cc1nn(CCS(C)(=O)=O)c(C)c1CNCC(C)C. The second-order valence-corrected chi connectivity index (χ2v) is 7.79. The summed E-state index contributed by atoms with van der Waals surface area (Å²) in [5.74, 6) is 0.745. The summed E-state index contributed by atoms with van der Waals surface area (Å²) in [6.45, 7) is 10.5. The topological polar surface area (TPSA) is 64.0 Å². The predicted octanol–water partition coefficient (Wildman–Crippen LogP) is 1.29. The highest BCUT2D eigenvalue weighted by Crippen LogP contribution is 2.13. The van der Waals surface area contributed by atoms with E-state index in [0.29, 0.717) is 12.5 Å². The molecule has 0 atom stereocenters. The number of aromatic nitrogens is 2. The number of nitrogens with zero attached hydrogens (tertiary/aromatic N) is 2. The molecule has 6 heteroatoms. The van der Waals surface area contributed by atoms with Gasteiger partial charge in [0.05, 0.1) is 18.0 Å². The van der Waals surface area contributed by atoms with Gasteiger partial charge in [0, 0.05) is 24.1 Å². The Balaban J connectivity index is 2.71. The van der Waals surface area contributed by atoms with Gasteiger partial charge in [0.15, 0.2) is 0 Å². The van der Waals surface area contributed by atoms with E-state index in [1.54, 1.807) is 4.68 Å². The van der Waals surface area contributed by atoms with Gasteiger partial charge in [-0.25, -0.2) is 8.42 Å². The van der Waals surface area contributed by atoms with Crippen molar-refractivity contribution in [1.29, 1.82) is 0 Å². The molecule has 0 radical (unpaired) electrons. The first kappa shape index (κ1) is 16.2. The Kier molecular flexibility index (Phi) is 5.55. The van der Waals surface area contributed by atoms with Crippen LogP contribution in [0.1, 0.15) is 30.8 Å². The lowest BCUT2D eigenvalue weighted by Gasteiger charge is -2.08. The number of rotatable bonds is 7. The third-order valence-electron chi connectivity index (χ3n) is 3.06. The van der Waals surface area contributed by atoms with Crippen LogP contribution in [0, 0.1) is 19.8 Å². The Morgan fingerprint density at radius 2 is 1.95 bits per heavy atom. The van der Waals surface area contributed by atoms with Crippen LogP contribution in [0.5, 0.6) is 0 Å². The molecule has 0 bridgehead atoms. The van der Waals surface area contributed by atoms with Crippen LogP contribution in [-0.4, -0.2) is 36.8 Å². The van der Waals surface area contributed by atoms with Crippen molar-refractivity contribution in [1.82, 2.24) is 15.1 Å². The molecule has 0 aliphatic carbocycles. The van der Waals surface area contributed by atoms with E-state index in [9.17, 15) is 8.42 Å². The summed E-state index contributed by atoms with van der Waals surface area (Å²) in [4.78, 5) is 0. The Morgan fingerprint density at radius 1 is 1.32 bits per heavy atom. The molecule has 0 unspecified atom stereocenters. The van der Waals surface area contributed by atoms with Crippen LogP contribution < -0.4 is 5.32 Å². The van der Waals surface area contributed by atoms with E-state index >= 15 is 0 Å². The van der Waals surface area contributed by atoms with Gasteiger partial charge in [0.1, 0.15) is 9.84 Å². The second kappa shape index (κ2) is 6.52. The molecular formula is C13H25N3O2S. The number of hydrogen-bond acceptors (Lipinski definition) is 4. The molecule has 1 N–H and O–H groups in total. The van der Waals surface area contributed by atoms with Crippen molar-refractivity contribution >= 4 is 9.84 Å². The smallest absolute Gasteiger partial charge is 0.149 e. The van der Waals surface area contributed by atoms with E-state index in [4.69, 9.17) is 0 Å². The van der Waals surface area contributed by atoms with Gasteiger partial charge in [-0.1, -0.05) is 13.8 Å². The van der Waals surface area contributed by atoms with Crippen LogP contribution in [0.3, 0.4) is 0 Å². The fourth-order valence-electron chi connectivity index (χ4n) is 1.95. The van der Waals surface area contributed by atoms with Crippen LogP contribution in [0.15, 0.2) is 0 Å². The molecule has 0 saturated heterocycles. The van der Waals surface area contributed by atoms with Gasteiger partial charge in [0.25, 0.3) is 0 Å². The molecular weight excluding hydrogens is 262 g/mol. The third-order valence-corrected chi connectivity index (χ3v) is 3.98. The maximum atomic E-state index is 11.2. The zero-order chi connectivity index (χ0) is 14.6. The molecule has 0 saturated carbocycles. The van der Waals surface area contributed by atoms with Gasteiger partial charge in [-0.05, 0) is 26.3 Å². The van der Waals surface area contributed by atoms with E-state index in [2.05, 4.69) is 24.3 Å². The third kappa shape index (κ3) is 5.32. The Labute approximate surface area is 116 Å². The maximum Gasteiger partial charge on any atom is 0.149 e. The molecule has 1 aromatic heterocycles. The van der Waals surface area contributed by atoms with Crippen LogP contribution in [-0.2, 0) is 22.9 Å². The zero-order valence-corrected chi connectivity index (χ0v) is 13.3. The molecule has 1 aromatic rings. The minimum Gasteiger partial charge on any atom is -0.312 e. The highest BCUT2D eigenvalue weighted by Gasteiger charge is 2.12. The number of hydrogen-bond donors (Lipinski definition) is 1. The first-order valence-electron chi connectivity index (χ1n) is 6.62. The second-order valence-electron chi connectivity index (χ2n) is 5.53. The van der Waals surface area contributed by atoms with Gasteiger partial charge >= 0.3 is 0 Å². The van der Waals surface area contributed by atoms with Gasteiger partial charge in [-0.3, -0.25) is 4.68 Å². The van der Waals surface area contributed by atoms with Crippen molar-refractivity contribution in [3.63, 3.8) is 0 Å². The summed E-state index contributed by atoms with van der Waals surface area (Å²) in [5, 5.41) is 7.82. The summed E-state index contributed by atoms with van der Waals surface area (Å²) >= 11 is 0. The van der Waals surface area contributed by atoms with Crippen molar-refractivity contribution in [3.05, 3.63) is 17.0 Å². The lowest BCUT2D eigenvalue weighted by atomic mass is 10.2. The summed E-state index contributed by atoms with van der Waals surface area (Å²) in [5.41, 5.74) is 3.20. The van der Waals surface area contributed by atoms with E-state index < -0.39 is 9.84 Å². The first-order chi connectivity index (χ1) is 8.70. The first-order valence-corrected chi connectivity index (χ1v) is 8.68. The number of sulfone groups is 1. The number of aryl methyl sites for hydroxylation is 2. The average molecular weight is 287 g/mol. The molecule has 0 amide bonds. The minimum atomic E-state index is -2.95. The van der Waals surface area contributed by atoms with E-state index in [-0.39, 0.29) is 5.75 Å². The van der Waals surface area contributed by atoms with Crippen molar-refractivity contribution in [3.8, 4) is 0 Å². The van der Waals surface area contributed by atoms with Crippen LogP contribution in [0.2, 0.25) is 0 Å². The summed E-state index contributed by atoms with van der Waals surface area (Å²) < 4.78 is 24.2. The zero-order valence-electron chi connectivity index (χ0n) is 12.5. The monoisotopic (exact) mass is 287 g/mol. The van der Waals surface area contributed by atoms with Crippen molar-refractivity contribution in [2.45, 2.75) is 40.8 Å². The van der Waals surface area contributed by atoms with E-state index in [0.717, 1.165) is 24.5 Å². The minimum absolute atomic E-state index is 0.133. The predicted molar refractivity (Wildman–Crippen MR) is 78.0 cm³/mol. The largest absolute Gasteiger partial charge is 0.312 e. The molecule has 1 heterocycles. The van der Waals surface area contributed by atoms with Crippen molar-refractivity contribution < 1.29 is 8.42 Å². The molecule has 5 nitrogen and oxygen atoms in total. The summed E-state index contributed by atoms with van der Waals surface area (Å²) in [7, 11) is -2.95. The highest BCUT2D eigenvalue weighted by molar-refractivity contribution is 7.90. The quantitative estimate of drug-likeness (QED) is 0.821. The Morgan fingerprint density at radius 3 is 2.47 bits per heavy atom. The van der Waals surface area contributed by atoms with Crippen molar-refractivity contribution in [2.75, 3.05) is 18.6 Å². The molecule has 110 valence electrons. The van der Waals surface area contributed by atoms with E-state index in [1.165, 1.54) is 11.8 Å². The van der Waals surface area contributed by atoms with Crippen LogP contribution in [0.25, 0.3) is 0 Å². The molecule has 0 aromatic carbocycles. The lowest BCUT2D eigenvalue weighted by molar-refractivity contribution is 0.549. The molecule has 19 heavy (non-hydrogen) atoms. The fourth-order valence-corrected chi connectivity index (χ4v) is 2.45. The summed E-state index contributed by atoms with van der Waals surface area (Å²) in [6, 6.07) is 0. The van der Waals surface area contributed by atoms with Gasteiger partial charge in [0.2, 0.25) is 0 Å². The highest BCUT2D eigenvalue weighted by atomic mass is 32.2. The molecule has 0 spiro atoms. The fraction of sp³-hybridized carbons (Fsp3) is 0.769. The van der Waals surface area contributed by atoms with E-state index in [1.807, 2.05) is 13.8 Å². The Bertz CT molecular complexity index is 518. The Hall–Kier alpha value is -0.880. The lowest BCUT2D eigenvalue weighted by Crippen LogP contribution is -2.20. The van der Waals surface area contributed by atoms with Gasteiger partial charge in [-0.2, -0.15) is 5.10 Å². The normalized spacial score (nSPS) is 12.3. The van der Waals surface area contributed by atoms with Gasteiger partial charge in [-0.15, -0.1) is 0 Å². The molecule has 0 fully saturated rings. The standard InChI is InChI=1S/C13H25N3O2S/c1-10(2)8-14-9-13-11(3)15-16(12(13)4)6-7-19(5,17)18/h10,14H,6-9H2,1-5H3. The molecule has 1 rings (SSSR count). The average Bonchev–Trinajstić information content (AvgIpc) is 2.52. The molecule has 0 aliphatic heterocycles. The maximum absolute atomic E-state index is 11.2. The molecule has 0 aliphatic rings. The number of nitrogens with one attached hydrogen (secondary N) is 1. The summed E-state index contributed by atoms with van der Waals surface area (Å²) in [6.07, 6.45) is 1.25. The van der Waals surface area contributed by atoms with Crippen LogP contribution >= 0.6 is 0 Å². The van der Waals surface area contributed by atoms with Crippen molar-refractivity contribution in [2.24, 2.45) is 5.92 Å². The van der Waals surface area contributed by atoms with Gasteiger partial charge < -0.3 is 5.32 Å².